The van der Waals surface area contributed by atoms with E-state index in [-0.39, 0.29) is 23.3 Å². The van der Waals surface area contributed by atoms with Gasteiger partial charge in [-0.25, -0.2) is 9.37 Å². The molecule has 0 bridgehead atoms. The quantitative estimate of drug-likeness (QED) is 0.834. The van der Waals surface area contributed by atoms with E-state index in [1.54, 1.807) is 0 Å². The average Bonchev–Trinajstić information content (AvgIpc) is 2.86. The third kappa shape index (κ3) is 2.89. The molecular weight excluding hydrogens is 255 g/mol. The standard InChI is InChI=1S/C12H11FN2O2S/c13-9-3-1-8(2-4-9)12-15-10(7-17-12)11(16)14-5-6-18/h1-4,7,18H,5-6H2,(H,14,16). The molecule has 2 aromatic rings. The molecule has 94 valence electrons. The first-order valence-electron chi connectivity index (χ1n) is 5.31. The van der Waals surface area contributed by atoms with Crippen molar-refractivity contribution in [2.75, 3.05) is 12.3 Å². The van der Waals surface area contributed by atoms with Gasteiger partial charge in [0.25, 0.3) is 5.91 Å². The van der Waals surface area contributed by atoms with Crippen LogP contribution in [0.25, 0.3) is 11.5 Å². The molecule has 0 spiro atoms. The summed E-state index contributed by atoms with van der Waals surface area (Å²) in [5, 5.41) is 2.62. The van der Waals surface area contributed by atoms with Gasteiger partial charge in [-0.15, -0.1) is 0 Å². The fourth-order valence-electron chi connectivity index (χ4n) is 1.36. The van der Waals surface area contributed by atoms with Crippen LogP contribution in [-0.2, 0) is 0 Å². The number of amides is 1. The highest BCUT2D eigenvalue weighted by Crippen LogP contribution is 2.18. The van der Waals surface area contributed by atoms with Crippen molar-refractivity contribution in [1.82, 2.24) is 10.3 Å². The Kier molecular flexibility index (Phi) is 3.99. The van der Waals surface area contributed by atoms with Crippen molar-refractivity contribution in [2.45, 2.75) is 0 Å². The first-order chi connectivity index (χ1) is 8.70. The lowest BCUT2D eigenvalue weighted by molar-refractivity contribution is 0.0951. The first-order valence-corrected chi connectivity index (χ1v) is 5.94. The van der Waals surface area contributed by atoms with Crippen LogP contribution in [0.5, 0.6) is 0 Å². The predicted octanol–water partition coefficient (Wildman–Crippen LogP) is 2.14. The molecule has 0 radical (unpaired) electrons. The number of hydrogen-bond acceptors (Lipinski definition) is 4. The second kappa shape index (κ2) is 5.68. The number of benzene rings is 1. The van der Waals surface area contributed by atoms with Crippen molar-refractivity contribution in [3.05, 3.63) is 42.0 Å². The van der Waals surface area contributed by atoms with E-state index in [2.05, 4.69) is 22.9 Å². The molecule has 0 fully saturated rings. The minimum atomic E-state index is -0.336. The van der Waals surface area contributed by atoms with Crippen LogP contribution in [0.4, 0.5) is 4.39 Å². The molecule has 18 heavy (non-hydrogen) atoms. The molecule has 0 atom stereocenters. The number of rotatable bonds is 4. The largest absolute Gasteiger partial charge is 0.444 e. The van der Waals surface area contributed by atoms with Crippen LogP contribution in [0.3, 0.4) is 0 Å². The van der Waals surface area contributed by atoms with E-state index in [0.29, 0.717) is 17.9 Å². The normalized spacial score (nSPS) is 10.3. The number of thiol groups is 1. The summed E-state index contributed by atoms with van der Waals surface area (Å²) in [6, 6.07) is 5.69. The van der Waals surface area contributed by atoms with Crippen LogP contribution in [0.1, 0.15) is 10.5 Å². The van der Waals surface area contributed by atoms with Crippen molar-refractivity contribution < 1.29 is 13.6 Å². The van der Waals surface area contributed by atoms with Crippen molar-refractivity contribution in [2.24, 2.45) is 0 Å². The number of carbonyl (C=O) groups is 1. The molecule has 0 aliphatic heterocycles. The van der Waals surface area contributed by atoms with Gasteiger partial charge in [0.05, 0.1) is 0 Å². The molecule has 0 aliphatic carbocycles. The molecule has 2 rings (SSSR count). The van der Waals surface area contributed by atoms with Crippen LogP contribution >= 0.6 is 12.6 Å². The van der Waals surface area contributed by atoms with Gasteiger partial charge in [-0.3, -0.25) is 4.79 Å². The zero-order chi connectivity index (χ0) is 13.0. The lowest BCUT2D eigenvalue weighted by atomic mass is 10.2. The number of oxazole rings is 1. The summed E-state index contributed by atoms with van der Waals surface area (Å²) in [4.78, 5) is 15.6. The summed E-state index contributed by atoms with van der Waals surface area (Å²) in [5.41, 5.74) is 0.806. The van der Waals surface area contributed by atoms with E-state index in [9.17, 15) is 9.18 Å². The molecule has 1 heterocycles. The molecule has 6 heteroatoms. The molecule has 1 aromatic heterocycles. The van der Waals surface area contributed by atoms with E-state index in [4.69, 9.17) is 4.42 Å². The third-order valence-corrected chi connectivity index (χ3v) is 2.45. The smallest absolute Gasteiger partial charge is 0.273 e. The van der Waals surface area contributed by atoms with Crippen LogP contribution < -0.4 is 5.32 Å². The van der Waals surface area contributed by atoms with Gasteiger partial charge in [-0.05, 0) is 24.3 Å². The Balaban J connectivity index is 2.15. The number of hydrogen-bond donors (Lipinski definition) is 2. The Hall–Kier alpha value is -1.82. The zero-order valence-corrected chi connectivity index (χ0v) is 10.3. The second-order valence-corrected chi connectivity index (χ2v) is 3.97. The summed E-state index contributed by atoms with van der Waals surface area (Å²) in [7, 11) is 0. The highest BCUT2D eigenvalue weighted by Gasteiger charge is 2.12. The molecule has 0 saturated carbocycles. The van der Waals surface area contributed by atoms with E-state index in [1.165, 1.54) is 30.5 Å². The maximum Gasteiger partial charge on any atom is 0.273 e. The Labute approximate surface area is 109 Å². The maximum absolute atomic E-state index is 12.8. The molecule has 4 nitrogen and oxygen atoms in total. The van der Waals surface area contributed by atoms with E-state index in [0.717, 1.165) is 0 Å². The Morgan fingerprint density at radius 2 is 2.11 bits per heavy atom. The fourth-order valence-corrected chi connectivity index (χ4v) is 1.47. The van der Waals surface area contributed by atoms with Crippen molar-refractivity contribution in [3.8, 4) is 11.5 Å². The Bertz CT molecular complexity index is 539. The van der Waals surface area contributed by atoms with Gasteiger partial charge in [0.2, 0.25) is 5.89 Å². The minimum Gasteiger partial charge on any atom is -0.444 e. The van der Waals surface area contributed by atoms with E-state index < -0.39 is 0 Å². The Morgan fingerprint density at radius 1 is 1.39 bits per heavy atom. The highest BCUT2D eigenvalue weighted by molar-refractivity contribution is 7.80. The van der Waals surface area contributed by atoms with Gasteiger partial charge < -0.3 is 9.73 Å². The third-order valence-electron chi connectivity index (χ3n) is 2.23. The summed E-state index contributed by atoms with van der Waals surface area (Å²) >= 11 is 3.99. The SMILES string of the molecule is O=C(NCCS)c1coc(-c2ccc(F)cc2)n1. The number of nitrogens with zero attached hydrogens (tertiary/aromatic N) is 1. The van der Waals surface area contributed by atoms with Gasteiger partial charge in [-0.1, -0.05) is 0 Å². The van der Waals surface area contributed by atoms with Crippen LogP contribution in [0, 0.1) is 5.82 Å². The summed E-state index contributed by atoms with van der Waals surface area (Å²) in [6.45, 7) is 0.459. The monoisotopic (exact) mass is 266 g/mol. The summed E-state index contributed by atoms with van der Waals surface area (Å²) < 4.78 is 17.9. The van der Waals surface area contributed by atoms with E-state index >= 15 is 0 Å². The van der Waals surface area contributed by atoms with E-state index in [1.807, 2.05) is 0 Å². The molecule has 0 aliphatic rings. The predicted molar refractivity (Wildman–Crippen MR) is 68.1 cm³/mol. The fraction of sp³-hybridized carbons (Fsp3) is 0.167. The van der Waals surface area contributed by atoms with Gasteiger partial charge in [0.1, 0.15) is 12.1 Å². The topological polar surface area (TPSA) is 55.1 Å². The average molecular weight is 266 g/mol. The molecule has 0 unspecified atom stereocenters. The number of halogens is 1. The lowest BCUT2D eigenvalue weighted by Crippen LogP contribution is -2.25. The molecule has 0 saturated heterocycles. The van der Waals surface area contributed by atoms with Crippen LogP contribution in [0.2, 0.25) is 0 Å². The summed E-state index contributed by atoms with van der Waals surface area (Å²) in [5.74, 6) is 0.179. The van der Waals surface area contributed by atoms with Crippen molar-refractivity contribution >= 4 is 18.5 Å². The van der Waals surface area contributed by atoms with Gasteiger partial charge in [0, 0.05) is 17.9 Å². The first kappa shape index (κ1) is 12.6. The number of aromatic nitrogens is 1. The van der Waals surface area contributed by atoms with Gasteiger partial charge >= 0.3 is 0 Å². The van der Waals surface area contributed by atoms with Crippen molar-refractivity contribution in [1.29, 1.82) is 0 Å². The number of nitrogens with one attached hydrogen (secondary N) is 1. The molecule has 1 aromatic carbocycles. The molecular formula is C12H11FN2O2S. The lowest BCUT2D eigenvalue weighted by Gasteiger charge is -1.97. The Morgan fingerprint density at radius 3 is 2.78 bits per heavy atom. The molecule has 1 N–H and O–H groups in total. The second-order valence-electron chi connectivity index (χ2n) is 3.52. The highest BCUT2D eigenvalue weighted by atomic mass is 32.1. The molecule has 1 amide bonds. The zero-order valence-electron chi connectivity index (χ0n) is 9.39. The van der Waals surface area contributed by atoms with Gasteiger partial charge in [-0.2, -0.15) is 12.6 Å². The van der Waals surface area contributed by atoms with Gasteiger partial charge in [0.15, 0.2) is 5.69 Å². The van der Waals surface area contributed by atoms with Crippen LogP contribution in [0.15, 0.2) is 34.9 Å². The maximum atomic E-state index is 12.8. The van der Waals surface area contributed by atoms with Crippen LogP contribution in [-0.4, -0.2) is 23.2 Å². The summed E-state index contributed by atoms with van der Waals surface area (Å²) in [6.07, 6.45) is 1.27. The van der Waals surface area contributed by atoms with Crippen molar-refractivity contribution in [3.63, 3.8) is 0 Å². The number of carbonyl (C=O) groups excluding carboxylic acids is 1. The minimum absolute atomic E-state index is 0.191.